The lowest BCUT2D eigenvalue weighted by Gasteiger charge is -2.04. The van der Waals surface area contributed by atoms with E-state index in [1.165, 1.54) is 109 Å². The van der Waals surface area contributed by atoms with Crippen LogP contribution in [0, 0.1) is 0 Å². The second-order valence-corrected chi connectivity index (χ2v) is 9.28. The number of carboxylic acid groups (broad SMARTS) is 1. The van der Waals surface area contributed by atoms with Crippen LogP contribution < -0.4 is 0 Å². The van der Waals surface area contributed by atoms with Gasteiger partial charge in [-0.05, 0) is 39.0 Å². The van der Waals surface area contributed by atoms with Crippen molar-refractivity contribution < 1.29 is 9.90 Å². The van der Waals surface area contributed by atoms with Gasteiger partial charge in [0.05, 0.1) is 0 Å². The highest BCUT2D eigenvalue weighted by atomic mass is 16.4. The lowest BCUT2D eigenvalue weighted by atomic mass is 10.0. The van der Waals surface area contributed by atoms with E-state index in [1.807, 2.05) is 0 Å². The van der Waals surface area contributed by atoms with Gasteiger partial charge in [-0.2, -0.15) is 0 Å². The minimum atomic E-state index is -0.653. The summed E-state index contributed by atoms with van der Waals surface area (Å²) in [6.45, 7) is 2.07. The summed E-state index contributed by atoms with van der Waals surface area (Å²) in [5, 5.41) is 8.60. The molecule has 0 saturated carbocycles. The van der Waals surface area contributed by atoms with Crippen LogP contribution in [0.2, 0.25) is 0 Å². The van der Waals surface area contributed by atoms with E-state index < -0.39 is 5.97 Å². The number of aliphatic carboxylic acids is 1. The second-order valence-electron chi connectivity index (χ2n) is 9.28. The summed E-state index contributed by atoms with van der Waals surface area (Å²) < 4.78 is 0. The van der Waals surface area contributed by atoms with Crippen molar-refractivity contribution in [2.75, 3.05) is 0 Å². The molecule has 2 nitrogen and oxygen atoms in total. The summed E-state index contributed by atoms with van der Waals surface area (Å²) in [6.07, 6.45) is 41.2. The highest BCUT2D eigenvalue weighted by Gasteiger charge is 1.97. The van der Waals surface area contributed by atoms with Gasteiger partial charge in [0, 0.05) is 6.42 Å². The third kappa shape index (κ3) is 28.7. The first-order valence-electron chi connectivity index (χ1n) is 13.9. The Balaban J connectivity index is 3.10. The number of rotatable bonds is 25. The third-order valence-corrected chi connectivity index (χ3v) is 6.12. The summed E-state index contributed by atoms with van der Waals surface area (Å²) in [4.78, 5) is 10.4. The van der Waals surface area contributed by atoms with Crippen LogP contribution in [0.15, 0.2) is 36.5 Å². The number of hydrogen-bond donors (Lipinski definition) is 1. The SMILES string of the molecule is CC=CCC=CCC=CCCCCCCCCCCCCCCCCCCCCC(=O)O. The largest absolute Gasteiger partial charge is 0.481 e. The van der Waals surface area contributed by atoms with Crippen LogP contribution in [0.5, 0.6) is 0 Å². The molecule has 0 rings (SSSR count). The number of carbonyl (C=O) groups is 1. The van der Waals surface area contributed by atoms with E-state index in [0.717, 1.165) is 25.7 Å². The maximum absolute atomic E-state index is 10.4. The summed E-state index contributed by atoms with van der Waals surface area (Å²) in [7, 11) is 0. The maximum Gasteiger partial charge on any atom is 0.303 e. The first-order valence-corrected chi connectivity index (χ1v) is 13.9. The van der Waals surface area contributed by atoms with E-state index in [1.54, 1.807) is 0 Å². The van der Waals surface area contributed by atoms with Gasteiger partial charge in [0.25, 0.3) is 0 Å². The van der Waals surface area contributed by atoms with Gasteiger partial charge in [-0.15, -0.1) is 0 Å². The van der Waals surface area contributed by atoms with Crippen molar-refractivity contribution in [3.63, 3.8) is 0 Å². The van der Waals surface area contributed by atoms with Crippen molar-refractivity contribution in [3.05, 3.63) is 36.5 Å². The molecule has 0 aliphatic carbocycles. The zero-order valence-electron chi connectivity index (χ0n) is 21.4. The van der Waals surface area contributed by atoms with Crippen LogP contribution in [0.4, 0.5) is 0 Å². The van der Waals surface area contributed by atoms with Gasteiger partial charge in [0.2, 0.25) is 0 Å². The molecule has 0 unspecified atom stereocenters. The molecule has 0 aliphatic rings. The van der Waals surface area contributed by atoms with Crippen LogP contribution in [-0.4, -0.2) is 11.1 Å². The van der Waals surface area contributed by atoms with Crippen LogP contribution in [0.1, 0.15) is 148 Å². The fourth-order valence-corrected chi connectivity index (χ4v) is 4.07. The predicted octanol–water partition coefficient (Wildman–Crippen LogP) is 10.3. The van der Waals surface area contributed by atoms with Gasteiger partial charge in [-0.25, -0.2) is 0 Å². The monoisotopic (exact) mass is 446 g/mol. The smallest absolute Gasteiger partial charge is 0.303 e. The summed E-state index contributed by atoms with van der Waals surface area (Å²) >= 11 is 0. The molecule has 0 aliphatic heterocycles. The van der Waals surface area contributed by atoms with E-state index >= 15 is 0 Å². The molecule has 0 amide bonds. The van der Waals surface area contributed by atoms with Crippen molar-refractivity contribution in [1.82, 2.24) is 0 Å². The maximum atomic E-state index is 10.4. The molecule has 186 valence electrons. The first-order chi connectivity index (χ1) is 15.8. The van der Waals surface area contributed by atoms with Crippen LogP contribution in [0.25, 0.3) is 0 Å². The molecule has 0 saturated heterocycles. The van der Waals surface area contributed by atoms with Crippen molar-refractivity contribution >= 4 is 5.97 Å². The second kappa shape index (κ2) is 27.7. The standard InChI is InChI=1S/C30H54O2/c1-2-3-4-5-6-7-8-9-10-11-12-13-14-15-16-17-18-19-20-21-22-23-24-25-26-27-28-29-30(31)32/h2-3,5-6,8-9H,4,7,10-29H2,1H3,(H,31,32). The number of hydrogen-bond acceptors (Lipinski definition) is 1. The molecule has 0 aromatic carbocycles. The zero-order valence-corrected chi connectivity index (χ0v) is 21.4. The fourth-order valence-electron chi connectivity index (χ4n) is 4.07. The highest BCUT2D eigenvalue weighted by molar-refractivity contribution is 5.66. The Bertz CT molecular complexity index is 461. The van der Waals surface area contributed by atoms with E-state index in [-0.39, 0.29) is 0 Å². The fraction of sp³-hybridized carbons (Fsp3) is 0.767. The molecule has 2 heteroatoms. The van der Waals surface area contributed by atoms with Gasteiger partial charge in [0.15, 0.2) is 0 Å². The molecule has 0 atom stereocenters. The lowest BCUT2D eigenvalue weighted by molar-refractivity contribution is -0.137. The zero-order chi connectivity index (χ0) is 23.4. The Morgan fingerprint density at radius 1 is 0.500 bits per heavy atom. The van der Waals surface area contributed by atoms with Gasteiger partial charge in [-0.3, -0.25) is 4.79 Å². The van der Waals surface area contributed by atoms with Crippen LogP contribution >= 0.6 is 0 Å². The predicted molar refractivity (Wildman–Crippen MR) is 142 cm³/mol. The summed E-state index contributed by atoms with van der Waals surface area (Å²) in [6, 6.07) is 0. The van der Waals surface area contributed by atoms with Crippen molar-refractivity contribution in [2.24, 2.45) is 0 Å². The summed E-state index contributed by atoms with van der Waals surface area (Å²) in [5.74, 6) is -0.653. The number of allylic oxidation sites excluding steroid dienone is 6. The van der Waals surface area contributed by atoms with Crippen molar-refractivity contribution in [3.8, 4) is 0 Å². The Morgan fingerprint density at radius 2 is 0.844 bits per heavy atom. The van der Waals surface area contributed by atoms with Gasteiger partial charge >= 0.3 is 5.97 Å². The lowest BCUT2D eigenvalue weighted by Crippen LogP contribution is -1.93. The Morgan fingerprint density at radius 3 is 1.25 bits per heavy atom. The van der Waals surface area contributed by atoms with Crippen LogP contribution in [0.3, 0.4) is 0 Å². The molecule has 0 bridgehead atoms. The molecular formula is C30H54O2. The summed E-state index contributed by atoms with van der Waals surface area (Å²) in [5.41, 5.74) is 0. The van der Waals surface area contributed by atoms with Gasteiger partial charge in [-0.1, -0.05) is 139 Å². The molecule has 0 fully saturated rings. The molecular weight excluding hydrogens is 392 g/mol. The first kappa shape index (κ1) is 30.7. The van der Waals surface area contributed by atoms with Crippen LogP contribution in [-0.2, 0) is 4.79 Å². The molecule has 1 N–H and O–H groups in total. The highest BCUT2D eigenvalue weighted by Crippen LogP contribution is 2.15. The van der Waals surface area contributed by atoms with Crippen molar-refractivity contribution in [2.45, 2.75) is 148 Å². The normalized spacial score (nSPS) is 12.0. The minimum Gasteiger partial charge on any atom is -0.481 e. The number of unbranched alkanes of at least 4 members (excludes halogenated alkanes) is 18. The van der Waals surface area contributed by atoms with Gasteiger partial charge in [0.1, 0.15) is 0 Å². The molecule has 0 spiro atoms. The molecule has 32 heavy (non-hydrogen) atoms. The molecule has 0 radical (unpaired) electrons. The van der Waals surface area contributed by atoms with Crippen molar-refractivity contribution in [1.29, 1.82) is 0 Å². The van der Waals surface area contributed by atoms with Gasteiger partial charge < -0.3 is 5.11 Å². The average Bonchev–Trinajstić information content (AvgIpc) is 2.78. The average molecular weight is 447 g/mol. The van der Waals surface area contributed by atoms with E-state index in [9.17, 15) is 4.79 Å². The third-order valence-electron chi connectivity index (χ3n) is 6.12. The van der Waals surface area contributed by atoms with E-state index in [2.05, 4.69) is 43.4 Å². The Hall–Kier alpha value is -1.31. The molecule has 0 heterocycles. The molecule has 0 aromatic rings. The molecule has 0 aromatic heterocycles. The minimum absolute atomic E-state index is 0.341. The topological polar surface area (TPSA) is 37.3 Å². The quantitative estimate of drug-likeness (QED) is 0.112. The van der Waals surface area contributed by atoms with E-state index in [4.69, 9.17) is 5.11 Å². The number of carboxylic acids is 1. The van der Waals surface area contributed by atoms with E-state index in [0.29, 0.717) is 6.42 Å². The Kier molecular flexibility index (Phi) is 26.6. The Labute approximate surface area is 200 Å².